The molecule has 4 heteroatoms. The summed E-state index contributed by atoms with van der Waals surface area (Å²) >= 11 is 7.14. The quantitative estimate of drug-likeness (QED) is 0.663. The zero-order valence-electron chi connectivity index (χ0n) is 7.35. The van der Waals surface area contributed by atoms with Gasteiger partial charge in [0.1, 0.15) is 0 Å². The third-order valence-electron chi connectivity index (χ3n) is 2.10. The fourth-order valence-electron chi connectivity index (χ4n) is 1.52. The zero-order valence-corrected chi connectivity index (χ0v) is 8.92. The van der Waals surface area contributed by atoms with E-state index in [2.05, 4.69) is 0 Å². The summed E-state index contributed by atoms with van der Waals surface area (Å²) in [6.07, 6.45) is -2.41. The number of hydrogen-bond acceptors (Lipinski definition) is 1. The molecular formula is C10H7ClF2S. The van der Waals surface area contributed by atoms with Crippen LogP contribution < -0.4 is 0 Å². The number of hydrogen-bond donors (Lipinski definition) is 0. The number of benzene rings is 1. The van der Waals surface area contributed by atoms with Gasteiger partial charge in [-0.3, -0.25) is 0 Å². The van der Waals surface area contributed by atoms with Gasteiger partial charge in [0.15, 0.2) is 0 Å². The maximum atomic E-state index is 12.6. The predicted molar refractivity (Wildman–Crippen MR) is 56.5 cm³/mol. The second kappa shape index (κ2) is 3.48. The fraction of sp³-hybridized carbons (Fsp3) is 0.200. The molecule has 0 amide bonds. The van der Waals surface area contributed by atoms with Crippen molar-refractivity contribution in [2.75, 3.05) is 0 Å². The van der Waals surface area contributed by atoms with Gasteiger partial charge in [-0.1, -0.05) is 11.6 Å². The molecule has 0 unspecified atom stereocenters. The summed E-state index contributed by atoms with van der Waals surface area (Å²) < 4.78 is 26.0. The third-order valence-corrected chi connectivity index (χ3v) is 3.27. The molecule has 2 rings (SSSR count). The normalized spacial score (nSPS) is 11.5. The van der Waals surface area contributed by atoms with Gasteiger partial charge >= 0.3 is 0 Å². The summed E-state index contributed by atoms with van der Waals surface area (Å²) in [6.45, 7) is 1.80. The highest BCUT2D eigenvalue weighted by molar-refractivity contribution is 7.17. The number of aryl methyl sites for hydroxylation is 1. The van der Waals surface area contributed by atoms with Gasteiger partial charge in [-0.25, -0.2) is 8.78 Å². The molecular weight excluding hydrogens is 226 g/mol. The van der Waals surface area contributed by atoms with Crippen molar-refractivity contribution < 1.29 is 8.78 Å². The molecule has 74 valence electrons. The van der Waals surface area contributed by atoms with Crippen molar-refractivity contribution in [3.63, 3.8) is 0 Å². The molecule has 1 aromatic carbocycles. The predicted octanol–water partition coefficient (Wildman–Crippen LogP) is 4.80. The highest BCUT2D eigenvalue weighted by Crippen LogP contribution is 2.36. The Kier molecular flexibility index (Phi) is 2.45. The summed E-state index contributed by atoms with van der Waals surface area (Å²) in [6, 6.07) is 3.43. The van der Waals surface area contributed by atoms with Crippen LogP contribution in [0.4, 0.5) is 8.78 Å². The van der Waals surface area contributed by atoms with Gasteiger partial charge in [0.05, 0.1) is 0 Å². The molecule has 0 saturated heterocycles. The average molecular weight is 233 g/mol. The highest BCUT2D eigenvalue weighted by Gasteiger charge is 2.15. The van der Waals surface area contributed by atoms with Crippen molar-refractivity contribution >= 4 is 33.0 Å². The summed E-state index contributed by atoms with van der Waals surface area (Å²) in [5.41, 5.74) is 0.920. The first-order valence-corrected chi connectivity index (χ1v) is 5.30. The zero-order chi connectivity index (χ0) is 10.3. The van der Waals surface area contributed by atoms with Crippen LogP contribution in [-0.4, -0.2) is 0 Å². The monoisotopic (exact) mass is 232 g/mol. The Morgan fingerprint density at radius 1 is 1.36 bits per heavy atom. The number of alkyl halides is 2. The lowest BCUT2D eigenvalue weighted by Crippen LogP contribution is -1.83. The van der Waals surface area contributed by atoms with Gasteiger partial charge in [-0.15, -0.1) is 11.3 Å². The van der Waals surface area contributed by atoms with E-state index in [0.29, 0.717) is 10.4 Å². The standard InChI is InChI=1S/C10H7ClF2S/c1-5-2-6(11)3-8-9(5)7(4-14-8)10(12)13/h2-4,10H,1H3. The van der Waals surface area contributed by atoms with Crippen molar-refractivity contribution in [2.24, 2.45) is 0 Å². The summed E-state index contributed by atoms with van der Waals surface area (Å²) in [5.74, 6) is 0. The Balaban J connectivity index is 2.79. The maximum absolute atomic E-state index is 12.6. The Bertz CT molecular complexity index is 476. The van der Waals surface area contributed by atoms with Gasteiger partial charge in [-0.2, -0.15) is 0 Å². The van der Waals surface area contributed by atoms with E-state index in [9.17, 15) is 8.78 Å². The lowest BCUT2D eigenvalue weighted by atomic mass is 10.1. The first kappa shape index (κ1) is 9.87. The molecule has 0 atom stereocenters. The Hall–Kier alpha value is -0.670. The van der Waals surface area contributed by atoms with Crippen molar-refractivity contribution in [3.05, 3.63) is 33.7 Å². The smallest absolute Gasteiger partial charge is 0.205 e. The van der Waals surface area contributed by atoms with Crippen molar-refractivity contribution in [2.45, 2.75) is 13.3 Å². The number of thiophene rings is 1. The van der Waals surface area contributed by atoms with E-state index < -0.39 is 6.43 Å². The molecule has 0 nitrogen and oxygen atoms in total. The largest absolute Gasteiger partial charge is 0.265 e. The lowest BCUT2D eigenvalue weighted by molar-refractivity contribution is 0.153. The highest BCUT2D eigenvalue weighted by atomic mass is 35.5. The minimum atomic E-state index is -2.41. The van der Waals surface area contributed by atoms with Gasteiger partial charge < -0.3 is 0 Å². The second-order valence-electron chi connectivity index (χ2n) is 3.09. The Labute approximate surface area is 89.1 Å². The van der Waals surface area contributed by atoms with Gasteiger partial charge in [0.25, 0.3) is 6.43 Å². The van der Waals surface area contributed by atoms with E-state index in [0.717, 1.165) is 10.3 Å². The average Bonchev–Trinajstić information content (AvgIpc) is 2.47. The van der Waals surface area contributed by atoms with E-state index in [1.165, 1.54) is 16.7 Å². The minimum Gasteiger partial charge on any atom is -0.205 e. The van der Waals surface area contributed by atoms with Crippen LogP contribution in [0.2, 0.25) is 5.02 Å². The molecule has 0 fully saturated rings. The molecule has 1 aromatic heterocycles. The molecule has 1 heterocycles. The van der Waals surface area contributed by atoms with Crippen LogP contribution in [0.5, 0.6) is 0 Å². The van der Waals surface area contributed by atoms with Crippen LogP contribution in [0.25, 0.3) is 10.1 Å². The Morgan fingerprint density at radius 2 is 2.07 bits per heavy atom. The van der Waals surface area contributed by atoms with Gasteiger partial charge in [-0.05, 0) is 24.6 Å². The van der Waals surface area contributed by atoms with Crippen LogP contribution in [0.3, 0.4) is 0 Å². The van der Waals surface area contributed by atoms with Crippen molar-refractivity contribution in [3.8, 4) is 0 Å². The molecule has 14 heavy (non-hydrogen) atoms. The molecule has 0 N–H and O–H groups in total. The molecule has 0 radical (unpaired) electrons. The van der Waals surface area contributed by atoms with Gasteiger partial charge in [0, 0.05) is 26.1 Å². The number of fused-ring (bicyclic) bond motifs is 1. The summed E-state index contributed by atoms with van der Waals surface area (Å²) in [5, 5.41) is 2.74. The summed E-state index contributed by atoms with van der Waals surface area (Å²) in [4.78, 5) is 0. The number of rotatable bonds is 1. The van der Waals surface area contributed by atoms with E-state index in [4.69, 9.17) is 11.6 Å². The van der Waals surface area contributed by atoms with Crippen LogP contribution in [0.15, 0.2) is 17.5 Å². The van der Waals surface area contributed by atoms with Crippen LogP contribution in [0.1, 0.15) is 17.6 Å². The van der Waals surface area contributed by atoms with Crippen LogP contribution >= 0.6 is 22.9 Å². The molecule has 0 saturated carbocycles. The molecule has 0 bridgehead atoms. The fourth-order valence-corrected chi connectivity index (χ4v) is 2.93. The van der Waals surface area contributed by atoms with E-state index >= 15 is 0 Å². The van der Waals surface area contributed by atoms with E-state index in [1.807, 2.05) is 0 Å². The van der Waals surface area contributed by atoms with Crippen molar-refractivity contribution in [1.29, 1.82) is 0 Å². The molecule has 0 aliphatic carbocycles. The van der Waals surface area contributed by atoms with Crippen LogP contribution in [0, 0.1) is 6.92 Å². The lowest BCUT2D eigenvalue weighted by Gasteiger charge is -2.01. The minimum absolute atomic E-state index is 0.110. The first-order chi connectivity index (χ1) is 6.59. The van der Waals surface area contributed by atoms with Crippen molar-refractivity contribution in [1.82, 2.24) is 0 Å². The van der Waals surface area contributed by atoms with E-state index in [-0.39, 0.29) is 5.56 Å². The van der Waals surface area contributed by atoms with E-state index in [1.54, 1.807) is 19.1 Å². The first-order valence-electron chi connectivity index (χ1n) is 4.05. The molecule has 0 aliphatic heterocycles. The molecule has 0 spiro atoms. The topological polar surface area (TPSA) is 0 Å². The molecule has 0 aliphatic rings. The Morgan fingerprint density at radius 3 is 2.71 bits per heavy atom. The summed E-state index contributed by atoms with van der Waals surface area (Å²) in [7, 11) is 0. The molecule has 2 aromatic rings. The second-order valence-corrected chi connectivity index (χ2v) is 4.44. The SMILES string of the molecule is Cc1cc(Cl)cc2scc(C(F)F)c12. The third kappa shape index (κ3) is 1.51. The maximum Gasteiger partial charge on any atom is 0.265 e. The number of halogens is 3. The van der Waals surface area contributed by atoms with Gasteiger partial charge in [0.2, 0.25) is 0 Å². The van der Waals surface area contributed by atoms with Crippen LogP contribution in [-0.2, 0) is 0 Å².